The fraction of sp³-hybridized carbons (Fsp3) is 0.211. The third-order valence-corrected chi connectivity index (χ3v) is 3.30. The minimum absolute atomic E-state index is 0.348. The van der Waals surface area contributed by atoms with Crippen molar-refractivity contribution in [2.24, 2.45) is 0 Å². The second-order valence-corrected chi connectivity index (χ2v) is 6.45. The predicted molar refractivity (Wildman–Crippen MR) is 94.4 cm³/mol. The first-order valence-electron chi connectivity index (χ1n) is 7.72. The summed E-state index contributed by atoms with van der Waals surface area (Å²) >= 11 is 0. The van der Waals surface area contributed by atoms with Crippen LogP contribution < -0.4 is 5.32 Å². The van der Waals surface area contributed by atoms with Gasteiger partial charge in [-0.3, -0.25) is 0 Å². The van der Waals surface area contributed by atoms with E-state index in [1.54, 1.807) is 12.1 Å². The van der Waals surface area contributed by atoms with Gasteiger partial charge in [0.25, 0.3) is 0 Å². The molecule has 0 bridgehead atoms. The summed E-state index contributed by atoms with van der Waals surface area (Å²) in [6, 6.07) is 14.9. The maximum absolute atomic E-state index is 12.2. The average Bonchev–Trinajstić information content (AvgIpc) is 2.54. The molecule has 24 heavy (non-hydrogen) atoms. The van der Waals surface area contributed by atoms with Gasteiger partial charge in [-0.05, 0) is 51.1 Å². The number of anilines is 2. The lowest BCUT2D eigenvalue weighted by Crippen LogP contribution is -2.23. The van der Waals surface area contributed by atoms with Gasteiger partial charge >= 0.3 is 5.97 Å². The van der Waals surface area contributed by atoms with Crippen molar-refractivity contribution in [2.45, 2.75) is 26.4 Å². The van der Waals surface area contributed by atoms with E-state index in [4.69, 9.17) is 4.74 Å². The van der Waals surface area contributed by atoms with Crippen LogP contribution in [0.15, 0.2) is 54.9 Å². The highest BCUT2D eigenvalue weighted by atomic mass is 16.6. The van der Waals surface area contributed by atoms with Crippen molar-refractivity contribution in [2.75, 3.05) is 5.32 Å². The van der Waals surface area contributed by atoms with Gasteiger partial charge in [-0.2, -0.15) is 0 Å². The summed E-state index contributed by atoms with van der Waals surface area (Å²) in [5.74, 6) is 0.348. The molecule has 0 radical (unpaired) electrons. The van der Waals surface area contributed by atoms with E-state index in [1.807, 2.05) is 57.2 Å². The van der Waals surface area contributed by atoms with Gasteiger partial charge in [0.05, 0.1) is 11.1 Å². The Morgan fingerprint density at radius 1 is 1.04 bits per heavy atom. The second kappa shape index (κ2) is 6.28. The SMILES string of the molecule is CC(C)(C)OC(=O)c1cccc(Nc2ncnc3ccccc23)c1. The van der Waals surface area contributed by atoms with Gasteiger partial charge in [0.1, 0.15) is 17.7 Å². The normalized spacial score (nSPS) is 11.3. The molecule has 1 N–H and O–H groups in total. The molecular formula is C19H19N3O2. The summed E-state index contributed by atoms with van der Waals surface area (Å²) in [5.41, 5.74) is 1.59. The monoisotopic (exact) mass is 321 g/mol. The standard InChI is InChI=1S/C19H19N3O2/c1-19(2,3)24-18(23)13-7-6-8-14(11-13)22-17-15-9-4-5-10-16(15)20-12-21-17/h4-12H,1-3H3,(H,20,21,22). The Bertz CT molecular complexity index is 880. The molecule has 0 aliphatic carbocycles. The van der Waals surface area contributed by atoms with Crippen LogP contribution in [0.4, 0.5) is 11.5 Å². The first kappa shape index (κ1) is 15.9. The summed E-state index contributed by atoms with van der Waals surface area (Å²) in [7, 11) is 0. The van der Waals surface area contributed by atoms with Crippen molar-refractivity contribution in [3.63, 3.8) is 0 Å². The summed E-state index contributed by atoms with van der Waals surface area (Å²) in [6.45, 7) is 5.54. The van der Waals surface area contributed by atoms with Gasteiger partial charge in [0.2, 0.25) is 0 Å². The number of hydrogen-bond donors (Lipinski definition) is 1. The van der Waals surface area contributed by atoms with Crippen molar-refractivity contribution in [3.05, 3.63) is 60.4 Å². The molecule has 3 aromatic rings. The van der Waals surface area contributed by atoms with Crippen LogP contribution in [0.2, 0.25) is 0 Å². The zero-order valence-corrected chi connectivity index (χ0v) is 13.9. The van der Waals surface area contributed by atoms with Gasteiger partial charge in [-0.15, -0.1) is 0 Å². The topological polar surface area (TPSA) is 64.1 Å². The Labute approximate surface area is 140 Å². The van der Waals surface area contributed by atoms with Crippen LogP contribution in [0, 0.1) is 0 Å². The van der Waals surface area contributed by atoms with Crippen LogP contribution in [0.3, 0.4) is 0 Å². The van der Waals surface area contributed by atoms with Gasteiger partial charge in [-0.25, -0.2) is 14.8 Å². The molecule has 0 saturated carbocycles. The molecule has 1 heterocycles. The highest BCUT2D eigenvalue weighted by Gasteiger charge is 2.18. The first-order valence-corrected chi connectivity index (χ1v) is 7.72. The maximum Gasteiger partial charge on any atom is 0.338 e. The van der Waals surface area contributed by atoms with Crippen molar-refractivity contribution < 1.29 is 9.53 Å². The molecule has 0 atom stereocenters. The van der Waals surface area contributed by atoms with Crippen LogP contribution in [-0.4, -0.2) is 21.5 Å². The average molecular weight is 321 g/mol. The highest BCUT2D eigenvalue weighted by molar-refractivity contribution is 5.93. The molecule has 5 nitrogen and oxygen atoms in total. The lowest BCUT2D eigenvalue weighted by atomic mass is 10.1. The van der Waals surface area contributed by atoms with Gasteiger partial charge in [-0.1, -0.05) is 18.2 Å². The molecule has 122 valence electrons. The molecule has 0 saturated heterocycles. The fourth-order valence-electron chi connectivity index (χ4n) is 2.30. The molecule has 0 unspecified atom stereocenters. The second-order valence-electron chi connectivity index (χ2n) is 6.45. The largest absolute Gasteiger partial charge is 0.456 e. The van der Waals surface area contributed by atoms with Crippen LogP contribution in [-0.2, 0) is 4.74 Å². The molecule has 5 heteroatoms. The smallest absolute Gasteiger partial charge is 0.338 e. The maximum atomic E-state index is 12.2. The number of aromatic nitrogens is 2. The number of rotatable bonds is 3. The Kier molecular flexibility index (Phi) is 4.16. The van der Waals surface area contributed by atoms with E-state index in [9.17, 15) is 4.79 Å². The molecule has 0 amide bonds. The predicted octanol–water partition coefficient (Wildman–Crippen LogP) is 4.33. The molecule has 2 aromatic carbocycles. The van der Waals surface area contributed by atoms with Crippen molar-refractivity contribution in [1.82, 2.24) is 9.97 Å². The van der Waals surface area contributed by atoms with Crippen molar-refractivity contribution in [3.8, 4) is 0 Å². The number of carbonyl (C=O) groups excluding carboxylic acids is 1. The number of benzene rings is 2. The van der Waals surface area contributed by atoms with Crippen LogP contribution >= 0.6 is 0 Å². The number of nitrogens with one attached hydrogen (secondary N) is 1. The zero-order valence-electron chi connectivity index (χ0n) is 13.9. The van der Waals surface area contributed by atoms with Gasteiger partial charge in [0.15, 0.2) is 0 Å². The van der Waals surface area contributed by atoms with E-state index in [0.29, 0.717) is 11.4 Å². The van der Waals surface area contributed by atoms with Crippen molar-refractivity contribution in [1.29, 1.82) is 0 Å². The number of para-hydroxylation sites is 1. The number of nitrogens with zero attached hydrogens (tertiary/aromatic N) is 2. The third kappa shape index (κ3) is 3.68. The van der Waals surface area contributed by atoms with Gasteiger partial charge < -0.3 is 10.1 Å². The minimum atomic E-state index is -0.524. The molecular weight excluding hydrogens is 302 g/mol. The number of fused-ring (bicyclic) bond motifs is 1. The van der Waals surface area contributed by atoms with Gasteiger partial charge in [0, 0.05) is 11.1 Å². The van der Waals surface area contributed by atoms with E-state index < -0.39 is 5.60 Å². The van der Waals surface area contributed by atoms with Crippen LogP contribution in [0.25, 0.3) is 10.9 Å². The van der Waals surface area contributed by atoms with Crippen LogP contribution in [0.1, 0.15) is 31.1 Å². The molecule has 0 aliphatic heterocycles. The van der Waals surface area contributed by atoms with E-state index in [-0.39, 0.29) is 5.97 Å². The fourth-order valence-corrected chi connectivity index (χ4v) is 2.30. The molecule has 0 spiro atoms. The molecule has 3 rings (SSSR count). The summed E-state index contributed by atoms with van der Waals surface area (Å²) < 4.78 is 5.41. The first-order chi connectivity index (χ1) is 11.4. The summed E-state index contributed by atoms with van der Waals surface area (Å²) in [6.07, 6.45) is 1.52. The number of esters is 1. The quantitative estimate of drug-likeness (QED) is 0.727. The summed E-state index contributed by atoms with van der Waals surface area (Å²) in [4.78, 5) is 20.7. The third-order valence-electron chi connectivity index (χ3n) is 3.30. The van der Waals surface area contributed by atoms with E-state index in [0.717, 1.165) is 16.6 Å². The van der Waals surface area contributed by atoms with E-state index in [1.165, 1.54) is 6.33 Å². The minimum Gasteiger partial charge on any atom is -0.456 e. The van der Waals surface area contributed by atoms with E-state index in [2.05, 4.69) is 15.3 Å². The molecule has 0 aliphatic rings. The highest BCUT2D eigenvalue weighted by Crippen LogP contribution is 2.23. The summed E-state index contributed by atoms with van der Waals surface area (Å²) in [5, 5.41) is 4.17. The molecule has 1 aromatic heterocycles. The Balaban J connectivity index is 1.88. The van der Waals surface area contributed by atoms with Crippen LogP contribution in [0.5, 0.6) is 0 Å². The zero-order chi connectivity index (χ0) is 17.2. The Morgan fingerprint density at radius 3 is 2.62 bits per heavy atom. The number of carbonyl (C=O) groups is 1. The lowest BCUT2D eigenvalue weighted by molar-refractivity contribution is 0.00696. The number of hydrogen-bond acceptors (Lipinski definition) is 5. The molecule has 0 fully saturated rings. The van der Waals surface area contributed by atoms with E-state index >= 15 is 0 Å². The lowest BCUT2D eigenvalue weighted by Gasteiger charge is -2.19. The number of ether oxygens (including phenoxy) is 1. The van der Waals surface area contributed by atoms with Crippen molar-refractivity contribution >= 4 is 28.4 Å². The Hall–Kier alpha value is -2.95. The Morgan fingerprint density at radius 2 is 1.83 bits per heavy atom.